The van der Waals surface area contributed by atoms with Gasteiger partial charge in [-0.25, -0.2) is 4.79 Å². The summed E-state index contributed by atoms with van der Waals surface area (Å²) in [6.07, 6.45) is 1.59. The highest BCUT2D eigenvalue weighted by Crippen LogP contribution is 2.30. The molecule has 1 heterocycles. The van der Waals surface area contributed by atoms with E-state index >= 15 is 0 Å². The first kappa shape index (κ1) is 17.3. The fourth-order valence-electron chi connectivity index (χ4n) is 2.97. The lowest BCUT2D eigenvalue weighted by molar-refractivity contribution is -0.00781. The molecule has 0 saturated carbocycles. The van der Waals surface area contributed by atoms with Crippen LogP contribution in [-0.2, 0) is 4.74 Å². The van der Waals surface area contributed by atoms with Crippen molar-refractivity contribution in [1.82, 2.24) is 4.90 Å². The molecule has 1 amide bonds. The largest absolute Gasteiger partial charge is 0.493 e. The molecule has 25 heavy (non-hydrogen) atoms. The van der Waals surface area contributed by atoms with Crippen LogP contribution in [0.3, 0.4) is 0 Å². The summed E-state index contributed by atoms with van der Waals surface area (Å²) in [5.74, 6) is 1.17. The number of amides is 1. The van der Waals surface area contributed by atoms with Crippen LogP contribution in [0, 0.1) is 5.92 Å². The fraction of sp³-hybridized carbons (Fsp3) is 0.381. The average molecular weight is 339 g/mol. The Kier molecular flexibility index (Phi) is 4.71. The Balaban J connectivity index is 1.58. The van der Waals surface area contributed by atoms with Crippen LogP contribution in [-0.4, -0.2) is 36.3 Å². The van der Waals surface area contributed by atoms with Gasteiger partial charge in [0.1, 0.15) is 11.4 Å². The van der Waals surface area contributed by atoms with Gasteiger partial charge in [0.25, 0.3) is 0 Å². The molecule has 1 fully saturated rings. The third-order valence-electron chi connectivity index (χ3n) is 4.22. The number of rotatable bonds is 4. The van der Waals surface area contributed by atoms with Crippen LogP contribution in [0.4, 0.5) is 4.79 Å². The van der Waals surface area contributed by atoms with Gasteiger partial charge in [-0.1, -0.05) is 43.0 Å². The minimum atomic E-state index is -0.456. The molecule has 0 N–H and O–H groups in total. The van der Waals surface area contributed by atoms with E-state index in [4.69, 9.17) is 9.47 Å². The Hall–Kier alpha value is -2.49. The summed E-state index contributed by atoms with van der Waals surface area (Å²) in [5.41, 5.74) is 0.559. The third-order valence-corrected chi connectivity index (χ3v) is 4.22. The SMILES string of the molecule is C=Cc1c(OCC2CN(C(=O)OC(C)(C)C)C2)ccc2ccccc12. The van der Waals surface area contributed by atoms with Crippen molar-refractivity contribution in [1.29, 1.82) is 0 Å². The number of hydrogen-bond acceptors (Lipinski definition) is 3. The fourth-order valence-corrected chi connectivity index (χ4v) is 2.97. The minimum absolute atomic E-state index is 0.249. The van der Waals surface area contributed by atoms with E-state index in [-0.39, 0.29) is 6.09 Å². The topological polar surface area (TPSA) is 38.8 Å². The Labute approximate surface area is 149 Å². The average Bonchev–Trinajstić information content (AvgIpc) is 2.51. The van der Waals surface area contributed by atoms with Gasteiger partial charge in [-0.05, 0) is 37.6 Å². The summed E-state index contributed by atoms with van der Waals surface area (Å²) < 4.78 is 11.4. The van der Waals surface area contributed by atoms with Crippen LogP contribution in [0.2, 0.25) is 0 Å². The molecule has 0 bridgehead atoms. The van der Waals surface area contributed by atoms with Crippen LogP contribution < -0.4 is 4.74 Å². The quantitative estimate of drug-likeness (QED) is 0.808. The Morgan fingerprint density at radius 2 is 1.96 bits per heavy atom. The van der Waals surface area contributed by atoms with Crippen LogP contribution in [0.15, 0.2) is 43.0 Å². The highest BCUT2D eigenvalue weighted by molar-refractivity contribution is 5.92. The first-order chi connectivity index (χ1) is 11.9. The van der Waals surface area contributed by atoms with Gasteiger partial charge in [0.05, 0.1) is 6.61 Å². The summed E-state index contributed by atoms with van der Waals surface area (Å²) in [5, 5.41) is 2.31. The van der Waals surface area contributed by atoms with Crippen molar-refractivity contribution in [3.8, 4) is 5.75 Å². The molecular formula is C21H25NO3. The molecule has 3 rings (SSSR count). The van der Waals surface area contributed by atoms with Gasteiger partial charge in [0.2, 0.25) is 0 Å². The first-order valence-corrected chi connectivity index (χ1v) is 8.62. The van der Waals surface area contributed by atoms with E-state index in [1.54, 1.807) is 4.90 Å². The third kappa shape index (κ3) is 3.95. The zero-order valence-corrected chi connectivity index (χ0v) is 15.1. The Morgan fingerprint density at radius 1 is 1.24 bits per heavy atom. The zero-order chi connectivity index (χ0) is 18.0. The summed E-state index contributed by atoms with van der Waals surface area (Å²) in [4.78, 5) is 13.7. The molecule has 0 aromatic heterocycles. The molecule has 0 atom stereocenters. The van der Waals surface area contributed by atoms with Crippen LogP contribution in [0.1, 0.15) is 26.3 Å². The number of benzene rings is 2. The number of hydrogen-bond donors (Lipinski definition) is 0. The van der Waals surface area contributed by atoms with Crippen molar-refractivity contribution >= 4 is 22.9 Å². The highest BCUT2D eigenvalue weighted by Gasteiger charge is 2.34. The van der Waals surface area contributed by atoms with E-state index in [1.807, 2.05) is 45.0 Å². The van der Waals surface area contributed by atoms with E-state index in [9.17, 15) is 4.79 Å². The van der Waals surface area contributed by atoms with Crippen molar-refractivity contribution in [2.24, 2.45) is 5.92 Å². The van der Waals surface area contributed by atoms with E-state index in [1.165, 1.54) is 5.39 Å². The smallest absolute Gasteiger partial charge is 0.410 e. The summed E-state index contributed by atoms with van der Waals surface area (Å²) in [7, 11) is 0. The normalized spacial score (nSPS) is 14.9. The molecule has 1 aliphatic heterocycles. The summed E-state index contributed by atoms with van der Waals surface area (Å²) >= 11 is 0. The maximum atomic E-state index is 12.0. The minimum Gasteiger partial charge on any atom is -0.493 e. The van der Waals surface area contributed by atoms with Crippen molar-refractivity contribution in [2.75, 3.05) is 19.7 Å². The number of nitrogens with zero attached hydrogens (tertiary/aromatic N) is 1. The van der Waals surface area contributed by atoms with Gasteiger partial charge in [-0.15, -0.1) is 0 Å². The molecule has 2 aromatic rings. The first-order valence-electron chi connectivity index (χ1n) is 8.62. The second-order valence-electron chi connectivity index (χ2n) is 7.46. The molecule has 0 radical (unpaired) electrons. The Morgan fingerprint density at radius 3 is 2.64 bits per heavy atom. The van der Waals surface area contributed by atoms with Gasteiger partial charge < -0.3 is 14.4 Å². The molecule has 2 aromatic carbocycles. The molecule has 1 aliphatic rings. The number of ether oxygens (including phenoxy) is 2. The van der Waals surface area contributed by atoms with Crippen molar-refractivity contribution in [3.63, 3.8) is 0 Å². The predicted molar refractivity (Wildman–Crippen MR) is 101 cm³/mol. The van der Waals surface area contributed by atoms with E-state index < -0.39 is 5.60 Å². The Bertz CT molecular complexity index is 785. The summed E-state index contributed by atoms with van der Waals surface area (Å²) in [6, 6.07) is 12.2. The van der Waals surface area contributed by atoms with Gasteiger partial charge in [-0.3, -0.25) is 0 Å². The number of likely N-dealkylation sites (tertiary alicyclic amines) is 1. The second-order valence-corrected chi connectivity index (χ2v) is 7.46. The molecule has 0 unspecified atom stereocenters. The van der Waals surface area contributed by atoms with Gasteiger partial charge in [-0.2, -0.15) is 0 Å². The van der Waals surface area contributed by atoms with Crippen LogP contribution in [0.5, 0.6) is 5.75 Å². The molecule has 1 saturated heterocycles. The molecule has 0 aliphatic carbocycles. The molecule has 4 nitrogen and oxygen atoms in total. The maximum absolute atomic E-state index is 12.0. The molecular weight excluding hydrogens is 314 g/mol. The van der Waals surface area contributed by atoms with Gasteiger partial charge in [0.15, 0.2) is 0 Å². The standard InChI is InChI=1S/C21H25NO3/c1-5-17-18-9-7-6-8-16(18)10-11-19(17)24-14-15-12-22(13-15)20(23)25-21(2,3)4/h5-11,15H,1,12-14H2,2-4H3. The van der Waals surface area contributed by atoms with Crippen molar-refractivity contribution in [2.45, 2.75) is 26.4 Å². The lowest BCUT2D eigenvalue weighted by Crippen LogP contribution is -2.53. The van der Waals surface area contributed by atoms with E-state index in [0.29, 0.717) is 25.6 Å². The van der Waals surface area contributed by atoms with Crippen LogP contribution >= 0.6 is 0 Å². The number of carbonyl (C=O) groups is 1. The lowest BCUT2D eigenvalue weighted by Gasteiger charge is -2.39. The van der Waals surface area contributed by atoms with E-state index in [2.05, 4.69) is 24.8 Å². The summed E-state index contributed by atoms with van der Waals surface area (Å²) in [6.45, 7) is 11.5. The number of carbonyl (C=O) groups excluding carboxylic acids is 1. The number of fused-ring (bicyclic) bond motifs is 1. The van der Waals surface area contributed by atoms with E-state index in [0.717, 1.165) is 16.7 Å². The highest BCUT2D eigenvalue weighted by atomic mass is 16.6. The molecule has 4 heteroatoms. The van der Waals surface area contributed by atoms with Gasteiger partial charge >= 0.3 is 6.09 Å². The second kappa shape index (κ2) is 6.79. The zero-order valence-electron chi connectivity index (χ0n) is 15.1. The lowest BCUT2D eigenvalue weighted by atomic mass is 10.0. The van der Waals surface area contributed by atoms with Crippen molar-refractivity contribution in [3.05, 3.63) is 48.5 Å². The van der Waals surface area contributed by atoms with Crippen molar-refractivity contribution < 1.29 is 14.3 Å². The predicted octanol–water partition coefficient (Wildman–Crippen LogP) is 4.73. The van der Waals surface area contributed by atoms with Crippen LogP contribution in [0.25, 0.3) is 16.8 Å². The molecule has 132 valence electrons. The maximum Gasteiger partial charge on any atom is 0.410 e. The molecule has 0 spiro atoms. The van der Waals surface area contributed by atoms with Gasteiger partial charge in [0, 0.05) is 24.6 Å². The monoisotopic (exact) mass is 339 g/mol.